The lowest BCUT2D eigenvalue weighted by Crippen LogP contribution is -2.30. The summed E-state index contributed by atoms with van der Waals surface area (Å²) in [6, 6.07) is 7.46. The molecule has 1 nitrogen and oxygen atoms in total. The summed E-state index contributed by atoms with van der Waals surface area (Å²) in [6.45, 7) is 4.48. The van der Waals surface area contributed by atoms with Crippen molar-refractivity contribution in [3.05, 3.63) is 30.1 Å². The van der Waals surface area contributed by atoms with E-state index in [1.54, 1.807) is 17.8 Å². The maximum Gasteiger partial charge on any atom is 0.136 e. The zero-order valence-corrected chi connectivity index (χ0v) is 12.4. The average molecular weight is 269 g/mol. The Morgan fingerprint density at radius 1 is 1.22 bits per heavy atom. The second-order valence-electron chi connectivity index (χ2n) is 4.65. The highest BCUT2D eigenvalue weighted by Crippen LogP contribution is 2.24. The first-order chi connectivity index (χ1) is 8.71. The van der Waals surface area contributed by atoms with Crippen LogP contribution in [0.1, 0.15) is 33.1 Å². The first kappa shape index (κ1) is 15.5. The highest BCUT2D eigenvalue weighted by Gasteiger charge is 2.13. The van der Waals surface area contributed by atoms with E-state index in [1.807, 2.05) is 19.2 Å². The van der Waals surface area contributed by atoms with Gasteiger partial charge in [0, 0.05) is 16.7 Å². The van der Waals surface area contributed by atoms with Gasteiger partial charge in [-0.2, -0.15) is 0 Å². The predicted octanol–water partition coefficient (Wildman–Crippen LogP) is 4.33. The fourth-order valence-electron chi connectivity index (χ4n) is 2.05. The summed E-state index contributed by atoms with van der Waals surface area (Å²) in [5.74, 6) is 1.58. The third-order valence-electron chi connectivity index (χ3n) is 3.46. The first-order valence-electron chi connectivity index (χ1n) is 6.75. The van der Waals surface area contributed by atoms with Gasteiger partial charge in [0.25, 0.3) is 0 Å². The van der Waals surface area contributed by atoms with Gasteiger partial charge in [0.1, 0.15) is 5.82 Å². The van der Waals surface area contributed by atoms with E-state index in [1.165, 1.54) is 25.3 Å². The molecule has 1 rings (SSSR count). The highest BCUT2D eigenvalue weighted by atomic mass is 32.2. The van der Waals surface area contributed by atoms with Crippen LogP contribution in [0.2, 0.25) is 0 Å². The monoisotopic (exact) mass is 269 g/mol. The molecular weight excluding hydrogens is 245 g/mol. The lowest BCUT2D eigenvalue weighted by molar-refractivity contribution is 0.397. The van der Waals surface area contributed by atoms with Crippen molar-refractivity contribution < 1.29 is 4.39 Å². The number of thioether (sulfide) groups is 1. The van der Waals surface area contributed by atoms with Crippen LogP contribution in [-0.4, -0.2) is 18.8 Å². The molecule has 1 N–H and O–H groups in total. The molecule has 0 bridgehead atoms. The molecule has 0 aromatic heterocycles. The quantitative estimate of drug-likeness (QED) is 0.705. The van der Waals surface area contributed by atoms with E-state index in [9.17, 15) is 4.39 Å². The topological polar surface area (TPSA) is 12.0 Å². The summed E-state index contributed by atoms with van der Waals surface area (Å²) in [6.07, 6.45) is 3.61. The summed E-state index contributed by atoms with van der Waals surface area (Å²) in [7, 11) is 1.99. The molecule has 0 spiro atoms. The molecule has 0 amide bonds. The minimum absolute atomic E-state index is 0.111. The van der Waals surface area contributed by atoms with Gasteiger partial charge in [-0.15, -0.1) is 11.8 Å². The third-order valence-corrected chi connectivity index (χ3v) is 4.67. The number of rotatable bonds is 8. The van der Waals surface area contributed by atoms with Crippen LogP contribution in [0.15, 0.2) is 29.2 Å². The van der Waals surface area contributed by atoms with Gasteiger partial charge in [0.15, 0.2) is 0 Å². The molecule has 0 heterocycles. The summed E-state index contributed by atoms with van der Waals surface area (Å²) < 4.78 is 13.5. The van der Waals surface area contributed by atoms with E-state index >= 15 is 0 Å². The van der Waals surface area contributed by atoms with E-state index in [0.29, 0.717) is 6.04 Å². The minimum Gasteiger partial charge on any atom is -0.316 e. The van der Waals surface area contributed by atoms with Gasteiger partial charge in [-0.25, -0.2) is 4.39 Å². The molecule has 0 saturated heterocycles. The molecule has 0 fully saturated rings. The maximum atomic E-state index is 13.5. The van der Waals surface area contributed by atoms with Crippen molar-refractivity contribution in [1.82, 2.24) is 5.32 Å². The van der Waals surface area contributed by atoms with Gasteiger partial charge < -0.3 is 5.32 Å². The normalized spacial score (nSPS) is 12.9. The minimum atomic E-state index is -0.111. The van der Waals surface area contributed by atoms with Gasteiger partial charge in [-0.05, 0) is 31.5 Å². The van der Waals surface area contributed by atoms with E-state index in [4.69, 9.17) is 0 Å². The van der Waals surface area contributed by atoms with Crippen molar-refractivity contribution in [2.75, 3.05) is 12.8 Å². The van der Waals surface area contributed by atoms with Crippen LogP contribution in [0.5, 0.6) is 0 Å². The van der Waals surface area contributed by atoms with Crippen LogP contribution < -0.4 is 5.32 Å². The van der Waals surface area contributed by atoms with Gasteiger partial charge >= 0.3 is 0 Å². The molecule has 1 atom stereocenters. The van der Waals surface area contributed by atoms with E-state index in [2.05, 4.69) is 19.2 Å². The molecular formula is C15H24FNS. The van der Waals surface area contributed by atoms with Gasteiger partial charge in [0.05, 0.1) is 0 Å². The molecule has 0 aliphatic carbocycles. The molecule has 1 aromatic rings. The Morgan fingerprint density at radius 2 is 1.89 bits per heavy atom. The van der Waals surface area contributed by atoms with Crippen molar-refractivity contribution in [2.45, 2.75) is 44.0 Å². The number of halogens is 1. The molecule has 102 valence electrons. The number of hydrogen-bond donors (Lipinski definition) is 1. The molecule has 18 heavy (non-hydrogen) atoms. The standard InChI is InChI=1S/C15H24FNS/c1-4-12(5-2)10-13(17-3)11-18-15-9-7-6-8-14(15)16/h6-9,12-13,17H,4-5,10-11H2,1-3H3. The van der Waals surface area contributed by atoms with Gasteiger partial charge in [-0.3, -0.25) is 0 Å². The molecule has 0 radical (unpaired) electrons. The van der Waals surface area contributed by atoms with Crippen LogP contribution in [0.4, 0.5) is 4.39 Å². The number of benzene rings is 1. The lowest BCUT2D eigenvalue weighted by atomic mass is 9.95. The molecule has 0 aliphatic heterocycles. The van der Waals surface area contributed by atoms with E-state index in [0.717, 1.165) is 16.6 Å². The molecule has 0 aliphatic rings. The molecule has 3 heteroatoms. The molecule has 1 aromatic carbocycles. The van der Waals surface area contributed by atoms with Crippen molar-refractivity contribution in [3.63, 3.8) is 0 Å². The second-order valence-corrected chi connectivity index (χ2v) is 5.71. The molecule has 1 unspecified atom stereocenters. The number of nitrogens with one attached hydrogen (secondary N) is 1. The van der Waals surface area contributed by atoms with Crippen molar-refractivity contribution >= 4 is 11.8 Å². The van der Waals surface area contributed by atoms with Crippen LogP contribution in [0.3, 0.4) is 0 Å². The Morgan fingerprint density at radius 3 is 2.44 bits per heavy atom. The van der Waals surface area contributed by atoms with Crippen LogP contribution in [0, 0.1) is 11.7 Å². The SMILES string of the molecule is CCC(CC)CC(CSc1ccccc1F)NC. The Hall–Kier alpha value is -0.540. The van der Waals surface area contributed by atoms with Crippen molar-refractivity contribution in [3.8, 4) is 0 Å². The van der Waals surface area contributed by atoms with Gasteiger partial charge in [-0.1, -0.05) is 38.8 Å². The third kappa shape index (κ3) is 4.99. The van der Waals surface area contributed by atoms with E-state index < -0.39 is 0 Å². The van der Waals surface area contributed by atoms with Crippen molar-refractivity contribution in [2.24, 2.45) is 5.92 Å². The summed E-state index contributed by atoms with van der Waals surface area (Å²) in [5, 5.41) is 3.35. The number of hydrogen-bond acceptors (Lipinski definition) is 2. The summed E-state index contributed by atoms with van der Waals surface area (Å²) >= 11 is 1.61. The summed E-state index contributed by atoms with van der Waals surface area (Å²) in [4.78, 5) is 0.752. The predicted molar refractivity (Wildman–Crippen MR) is 78.7 cm³/mol. The smallest absolute Gasteiger partial charge is 0.136 e. The maximum absolute atomic E-state index is 13.5. The fraction of sp³-hybridized carbons (Fsp3) is 0.600. The highest BCUT2D eigenvalue weighted by molar-refractivity contribution is 7.99. The zero-order valence-electron chi connectivity index (χ0n) is 11.6. The Bertz CT molecular complexity index is 339. The van der Waals surface area contributed by atoms with Crippen LogP contribution in [-0.2, 0) is 0 Å². The van der Waals surface area contributed by atoms with Gasteiger partial charge in [0.2, 0.25) is 0 Å². The first-order valence-corrected chi connectivity index (χ1v) is 7.74. The zero-order chi connectivity index (χ0) is 13.4. The Labute approximate surface area is 115 Å². The molecule has 0 saturated carbocycles. The van der Waals surface area contributed by atoms with Crippen LogP contribution in [0.25, 0.3) is 0 Å². The average Bonchev–Trinajstić information content (AvgIpc) is 2.41. The Balaban J connectivity index is 2.47. The fourth-order valence-corrected chi connectivity index (χ4v) is 3.11. The largest absolute Gasteiger partial charge is 0.316 e. The second kappa shape index (κ2) is 8.54. The lowest BCUT2D eigenvalue weighted by Gasteiger charge is -2.21. The van der Waals surface area contributed by atoms with Crippen LogP contribution >= 0.6 is 11.8 Å². The van der Waals surface area contributed by atoms with E-state index in [-0.39, 0.29) is 5.82 Å². The van der Waals surface area contributed by atoms with Crippen molar-refractivity contribution in [1.29, 1.82) is 0 Å². The summed E-state index contributed by atoms with van der Waals surface area (Å²) in [5.41, 5.74) is 0. The Kier molecular flexibility index (Phi) is 7.36.